The van der Waals surface area contributed by atoms with Gasteiger partial charge < -0.3 is 19.9 Å². The molecule has 1 N–H and O–H groups in total. The van der Waals surface area contributed by atoms with E-state index in [1.54, 1.807) is 36.9 Å². The van der Waals surface area contributed by atoms with E-state index in [2.05, 4.69) is 35.1 Å². The molecule has 4 rings (SSSR count). The molecule has 0 radical (unpaired) electrons. The van der Waals surface area contributed by atoms with Gasteiger partial charge in [0.1, 0.15) is 11.4 Å². The first kappa shape index (κ1) is 18.6. The van der Waals surface area contributed by atoms with Gasteiger partial charge >= 0.3 is 0 Å². The van der Waals surface area contributed by atoms with Crippen LogP contribution in [0.25, 0.3) is 0 Å². The number of ether oxygens (including phenoxy) is 1. The van der Waals surface area contributed by atoms with Gasteiger partial charge in [-0.2, -0.15) is 0 Å². The molecule has 0 spiro atoms. The van der Waals surface area contributed by atoms with Gasteiger partial charge in [0.25, 0.3) is 5.91 Å². The number of methoxy groups -OCH3 is 1. The summed E-state index contributed by atoms with van der Waals surface area (Å²) in [6.07, 6.45) is 6.59. The summed E-state index contributed by atoms with van der Waals surface area (Å²) in [6.45, 7) is 3.30. The molecule has 1 fully saturated rings. The Labute approximate surface area is 168 Å². The average molecular weight is 391 g/mol. The normalized spacial score (nSPS) is 13.8. The van der Waals surface area contributed by atoms with Crippen molar-refractivity contribution in [3.63, 3.8) is 0 Å². The number of carbonyl (C=O) groups excluding carboxylic acids is 1. The zero-order valence-corrected chi connectivity index (χ0v) is 16.0. The molecular formula is C20H21N7O2. The summed E-state index contributed by atoms with van der Waals surface area (Å²) in [7, 11) is 1.48. The van der Waals surface area contributed by atoms with Gasteiger partial charge in [0, 0.05) is 38.6 Å². The van der Waals surface area contributed by atoms with Crippen molar-refractivity contribution in [3.8, 4) is 5.88 Å². The molecule has 29 heavy (non-hydrogen) atoms. The van der Waals surface area contributed by atoms with Gasteiger partial charge in [-0.3, -0.25) is 4.79 Å². The van der Waals surface area contributed by atoms with Crippen LogP contribution < -0.4 is 19.9 Å². The summed E-state index contributed by atoms with van der Waals surface area (Å²) in [5.74, 6) is 1.57. The number of carbonyl (C=O) groups is 1. The van der Waals surface area contributed by atoms with Gasteiger partial charge in [0.15, 0.2) is 0 Å². The van der Waals surface area contributed by atoms with E-state index in [-0.39, 0.29) is 11.8 Å². The van der Waals surface area contributed by atoms with Crippen LogP contribution in [0, 0.1) is 0 Å². The Balaban J connectivity index is 1.37. The average Bonchev–Trinajstić information content (AvgIpc) is 2.80. The highest BCUT2D eigenvalue weighted by atomic mass is 16.5. The standard InChI is InChI=1S/C20H21N7O2/c1-29-19-16(5-4-8-22-19)18(28)25-15-13-23-20(24-14-15)27-11-9-26(10-12-27)17-6-2-3-7-21-17/h2-8,13-14H,9-12H2,1H3,(H,25,28). The molecule has 9 heteroatoms. The van der Waals surface area contributed by atoms with Crippen LogP contribution in [0.4, 0.5) is 17.5 Å². The number of hydrogen-bond acceptors (Lipinski definition) is 8. The molecule has 1 aliphatic rings. The maximum atomic E-state index is 12.4. The number of pyridine rings is 2. The third-order valence-electron chi connectivity index (χ3n) is 4.64. The molecular weight excluding hydrogens is 370 g/mol. The van der Waals surface area contributed by atoms with Gasteiger partial charge in [-0.15, -0.1) is 0 Å². The summed E-state index contributed by atoms with van der Waals surface area (Å²) >= 11 is 0. The van der Waals surface area contributed by atoms with Crippen molar-refractivity contribution in [1.29, 1.82) is 0 Å². The zero-order valence-electron chi connectivity index (χ0n) is 16.0. The first-order chi connectivity index (χ1) is 14.2. The van der Waals surface area contributed by atoms with E-state index in [1.807, 2.05) is 18.2 Å². The minimum absolute atomic E-state index is 0.272. The lowest BCUT2D eigenvalue weighted by molar-refractivity contribution is 0.102. The van der Waals surface area contributed by atoms with Crippen LogP contribution in [-0.2, 0) is 0 Å². The highest BCUT2D eigenvalue weighted by molar-refractivity contribution is 6.05. The second kappa shape index (κ2) is 8.51. The van der Waals surface area contributed by atoms with Crippen molar-refractivity contribution in [1.82, 2.24) is 19.9 Å². The molecule has 3 aromatic heterocycles. The van der Waals surface area contributed by atoms with Crippen LogP contribution in [0.3, 0.4) is 0 Å². The molecule has 0 unspecified atom stereocenters. The van der Waals surface area contributed by atoms with Crippen molar-refractivity contribution < 1.29 is 9.53 Å². The van der Waals surface area contributed by atoms with Gasteiger partial charge in [0.2, 0.25) is 11.8 Å². The number of hydrogen-bond donors (Lipinski definition) is 1. The Morgan fingerprint density at radius 3 is 2.34 bits per heavy atom. The van der Waals surface area contributed by atoms with Crippen molar-refractivity contribution >= 4 is 23.4 Å². The number of piperazine rings is 1. The Bertz CT molecular complexity index is 958. The van der Waals surface area contributed by atoms with Crippen LogP contribution in [0.2, 0.25) is 0 Å². The van der Waals surface area contributed by atoms with E-state index in [0.717, 1.165) is 32.0 Å². The van der Waals surface area contributed by atoms with E-state index in [1.165, 1.54) is 7.11 Å². The fraction of sp³-hybridized carbons (Fsp3) is 0.250. The predicted octanol–water partition coefficient (Wildman–Crippen LogP) is 1.85. The molecule has 0 aromatic carbocycles. The number of nitrogens with zero attached hydrogens (tertiary/aromatic N) is 6. The second-order valence-corrected chi connectivity index (χ2v) is 6.45. The molecule has 0 bridgehead atoms. The Hall–Kier alpha value is -3.75. The summed E-state index contributed by atoms with van der Waals surface area (Å²) in [5, 5.41) is 2.77. The largest absolute Gasteiger partial charge is 0.480 e. The Morgan fingerprint density at radius 1 is 0.931 bits per heavy atom. The van der Waals surface area contributed by atoms with Crippen molar-refractivity contribution in [2.75, 3.05) is 48.4 Å². The highest BCUT2D eigenvalue weighted by Gasteiger charge is 2.20. The summed E-state index contributed by atoms with van der Waals surface area (Å²) in [6, 6.07) is 9.25. The van der Waals surface area contributed by atoms with Crippen LogP contribution in [0.15, 0.2) is 55.1 Å². The third-order valence-corrected chi connectivity index (χ3v) is 4.64. The maximum absolute atomic E-state index is 12.4. The molecule has 0 saturated carbocycles. The first-order valence-electron chi connectivity index (χ1n) is 9.28. The summed E-state index contributed by atoms with van der Waals surface area (Å²) in [4.78, 5) is 34.1. The fourth-order valence-electron chi connectivity index (χ4n) is 3.15. The fourth-order valence-corrected chi connectivity index (χ4v) is 3.15. The molecule has 148 valence electrons. The van der Waals surface area contributed by atoms with Gasteiger partial charge in [-0.05, 0) is 24.3 Å². The summed E-state index contributed by atoms with van der Waals surface area (Å²) in [5.41, 5.74) is 0.862. The lowest BCUT2D eigenvalue weighted by atomic mass is 10.2. The van der Waals surface area contributed by atoms with E-state index < -0.39 is 0 Å². The minimum atomic E-state index is -0.324. The lowest BCUT2D eigenvalue weighted by Gasteiger charge is -2.35. The monoisotopic (exact) mass is 391 g/mol. The SMILES string of the molecule is COc1ncccc1C(=O)Nc1cnc(N2CCN(c3ccccn3)CC2)nc1. The number of nitrogens with one attached hydrogen (secondary N) is 1. The lowest BCUT2D eigenvalue weighted by Crippen LogP contribution is -2.47. The van der Waals surface area contributed by atoms with Crippen LogP contribution in [0.5, 0.6) is 5.88 Å². The van der Waals surface area contributed by atoms with Gasteiger partial charge in [0.05, 0.1) is 25.2 Å². The number of amides is 1. The van der Waals surface area contributed by atoms with E-state index in [0.29, 0.717) is 17.2 Å². The summed E-state index contributed by atoms with van der Waals surface area (Å²) < 4.78 is 5.12. The molecule has 4 heterocycles. The topological polar surface area (TPSA) is 96.4 Å². The van der Waals surface area contributed by atoms with Crippen LogP contribution in [0.1, 0.15) is 10.4 Å². The van der Waals surface area contributed by atoms with E-state index in [4.69, 9.17) is 4.74 Å². The number of rotatable bonds is 5. The van der Waals surface area contributed by atoms with Gasteiger partial charge in [-0.25, -0.2) is 19.9 Å². The van der Waals surface area contributed by atoms with Crippen LogP contribution in [-0.4, -0.2) is 59.1 Å². The quantitative estimate of drug-likeness (QED) is 0.704. The molecule has 1 aliphatic heterocycles. The molecule has 0 aliphatic carbocycles. The molecule has 1 saturated heterocycles. The van der Waals surface area contributed by atoms with Crippen molar-refractivity contribution in [2.45, 2.75) is 0 Å². The Kier molecular flexibility index (Phi) is 5.46. The van der Waals surface area contributed by atoms with E-state index >= 15 is 0 Å². The smallest absolute Gasteiger partial charge is 0.261 e. The first-order valence-corrected chi connectivity index (χ1v) is 9.28. The number of aromatic nitrogens is 4. The number of anilines is 3. The highest BCUT2D eigenvalue weighted by Crippen LogP contribution is 2.18. The maximum Gasteiger partial charge on any atom is 0.261 e. The molecule has 9 nitrogen and oxygen atoms in total. The zero-order chi connectivity index (χ0) is 20.1. The third kappa shape index (κ3) is 4.23. The molecule has 3 aromatic rings. The van der Waals surface area contributed by atoms with E-state index in [9.17, 15) is 4.79 Å². The van der Waals surface area contributed by atoms with Crippen molar-refractivity contribution in [2.24, 2.45) is 0 Å². The minimum Gasteiger partial charge on any atom is -0.480 e. The van der Waals surface area contributed by atoms with Crippen LogP contribution >= 0.6 is 0 Å². The molecule has 1 amide bonds. The Morgan fingerprint density at radius 2 is 1.66 bits per heavy atom. The van der Waals surface area contributed by atoms with Gasteiger partial charge in [-0.1, -0.05) is 6.07 Å². The molecule has 0 atom stereocenters. The predicted molar refractivity (Wildman–Crippen MR) is 109 cm³/mol. The second-order valence-electron chi connectivity index (χ2n) is 6.45. The van der Waals surface area contributed by atoms with Crippen molar-refractivity contribution in [3.05, 3.63) is 60.7 Å².